The Bertz CT molecular complexity index is 424. The van der Waals surface area contributed by atoms with Crippen molar-refractivity contribution in [3.8, 4) is 0 Å². The molecule has 0 unspecified atom stereocenters. The first-order valence-electron chi connectivity index (χ1n) is 6.35. The van der Waals surface area contributed by atoms with Gasteiger partial charge in [0.15, 0.2) is 0 Å². The molecule has 2 rings (SSSR count). The zero-order valence-corrected chi connectivity index (χ0v) is 10.5. The molecule has 5 heteroatoms. The molecule has 0 bridgehead atoms. The van der Waals surface area contributed by atoms with Crippen molar-refractivity contribution in [2.24, 2.45) is 0 Å². The molecule has 2 N–H and O–H groups in total. The summed E-state index contributed by atoms with van der Waals surface area (Å²) in [5.74, 6) is 0. The number of nitrogens with one attached hydrogen (secondary N) is 1. The minimum atomic E-state index is -0.239. The highest BCUT2D eigenvalue weighted by Crippen LogP contribution is 2.19. The number of hydrogen-bond donors (Lipinski definition) is 2. The van der Waals surface area contributed by atoms with E-state index in [0.29, 0.717) is 26.3 Å². The first kappa shape index (κ1) is 13.3. The number of pyridine rings is 1. The third kappa shape index (κ3) is 3.19. The van der Waals surface area contributed by atoms with Crippen molar-refractivity contribution in [3.05, 3.63) is 34.7 Å². The molecule has 5 nitrogen and oxygen atoms in total. The van der Waals surface area contributed by atoms with Crippen LogP contribution in [0, 0.1) is 0 Å². The van der Waals surface area contributed by atoms with Crippen LogP contribution in [0.2, 0.25) is 0 Å². The summed E-state index contributed by atoms with van der Waals surface area (Å²) in [6, 6.07) is 5.13. The van der Waals surface area contributed by atoms with Crippen LogP contribution < -0.4 is 10.9 Å². The van der Waals surface area contributed by atoms with Gasteiger partial charge in [0.05, 0.1) is 6.61 Å². The van der Waals surface area contributed by atoms with Crippen molar-refractivity contribution in [2.75, 3.05) is 26.4 Å². The van der Waals surface area contributed by atoms with Crippen LogP contribution in [0.25, 0.3) is 0 Å². The molecule has 1 aliphatic heterocycles. The molecule has 1 saturated heterocycles. The number of nitrogens with zero attached hydrogens (tertiary/aromatic N) is 1. The summed E-state index contributed by atoms with van der Waals surface area (Å²) in [6.45, 7) is 2.75. The predicted octanol–water partition coefficient (Wildman–Crippen LogP) is -0.0206. The molecule has 0 aliphatic carbocycles. The molecule has 1 aromatic rings. The van der Waals surface area contributed by atoms with Gasteiger partial charge in [-0.3, -0.25) is 4.79 Å². The quantitative estimate of drug-likeness (QED) is 0.773. The maximum absolute atomic E-state index is 11.5. The zero-order chi connectivity index (χ0) is 12.8. The lowest BCUT2D eigenvalue weighted by molar-refractivity contribution is 0.0118. The molecule has 1 fully saturated rings. The SMILES string of the molecule is O=c1ccccn1CCNC1(CO)CCOCC1. The minimum absolute atomic E-state index is 0.00401. The summed E-state index contributed by atoms with van der Waals surface area (Å²) in [5, 5.41) is 12.9. The normalized spacial score (nSPS) is 18.7. The molecule has 0 amide bonds. The Hall–Kier alpha value is -1.17. The van der Waals surface area contributed by atoms with Crippen LogP contribution in [0.1, 0.15) is 12.8 Å². The van der Waals surface area contributed by atoms with Gasteiger partial charge in [-0.1, -0.05) is 6.07 Å². The van der Waals surface area contributed by atoms with E-state index in [4.69, 9.17) is 4.74 Å². The van der Waals surface area contributed by atoms with Crippen molar-refractivity contribution < 1.29 is 9.84 Å². The average molecular weight is 252 g/mol. The van der Waals surface area contributed by atoms with Gasteiger partial charge in [0.1, 0.15) is 0 Å². The van der Waals surface area contributed by atoms with Gasteiger partial charge in [-0.05, 0) is 18.9 Å². The molecular formula is C13H20N2O3. The fourth-order valence-corrected chi connectivity index (χ4v) is 2.24. The van der Waals surface area contributed by atoms with Crippen molar-refractivity contribution >= 4 is 0 Å². The Morgan fingerprint density at radius 3 is 2.83 bits per heavy atom. The lowest BCUT2D eigenvalue weighted by Crippen LogP contribution is -2.53. The molecule has 0 atom stereocenters. The predicted molar refractivity (Wildman–Crippen MR) is 68.6 cm³/mol. The van der Waals surface area contributed by atoms with E-state index in [0.717, 1.165) is 12.8 Å². The highest BCUT2D eigenvalue weighted by Gasteiger charge is 2.30. The molecule has 0 saturated carbocycles. The number of hydrogen-bond acceptors (Lipinski definition) is 4. The van der Waals surface area contributed by atoms with E-state index in [9.17, 15) is 9.90 Å². The highest BCUT2D eigenvalue weighted by atomic mass is 16.5. The minimum Gasteiger partial charge on any atom is -0.394 e. The van der Waals surface area contributed by atoms with Crippen LogP contribution >= 0.6 is 0 Å². The Balaban J connectivity index is 1.87. The fraction of sp³-hybridized carbons (Fsp3) is 0.615. The van der Waals surface area contributed by atoms with Crippen LogP contribution in [0.4, 0.5) is 0 Å². The molecule has 0 spiro atoms. The first-order valence-corrected chi connectivity index (χ1v) is 6.35. The van der Waals surface area contributed by atoms with E-state index in [1.165, 1.54) is 0 Å². The summed E-state index contributed by atoms with van der Waals surface area (Å²) >= 11 is 0. The van der Waals surface area contributed by atoms with E-state index in [1.807, 2.05) is 6.07 Å². The molecular weight excluding hydrogens is 232 g/mol. The lowest BCUT2D eigenvalue weighted by atomic mass is 9.91. The summed E-state index contributed by atoms with van der Waals surface area (Å²) < 4.78 is 6.97. The second kappa shape index (κ2) is 6.13. The van der Waals surface area contributed by atoms with E-state index >= 15 is 0 Å². The fourth-order valence-electron chi connectivity index (χ4n) is 2.24. The van der Waals surface area contributed by atoms with Crippen molar-refractivity contribution in [1.29, 1.82) is 0 Å². The van der Waals surface area contributed by atoms with E-state index in [2.05, 4.69) is 5.32 Å². The Morgan fingerprint density at radius 1 is 1.39 bits per heavy atom. The second-order valence-corrected chi connectivity index (χ2v) is 4.71. The topological polar surface area (TPSA) is 63.5 Å². The standard InChI is InChI=1S/C13H20N2O3/c16-11-13(4-9-18-10-5-13)14-6-8-15-7-2-1-3-12(15)17/h1-3,7,14,16H,4-6,8-11H2. The van der Waals surface area contributed by atoms with Crippen molar-refractivity contribution in [2.45, 2.75) is 24.9 Å². The first-order chi connectivity index (χ1) is 8.76. The molecule has 1 aliphatic rings. The van der Waals surface area contributed by atoms with Crippen molar-refractivity contribution in [1.82, 2.24) is 9.88 Å². The van der Waals surface area contributed by atoms with Crippen LogP contribution in [-0.4, -0.2) is 41.6 Å². The van der Waals surface area contributed by atoms with Gasteiger partial charge in [0, 0.05) is 44.1 Å². The summed E-state index contributed by atoms with van der Waals surface area (Å²) in [6.07, 6.45) is 3.40. The molecule has 100 valence electrons. The van der Waals surface area contributed by atoms with E-state index < -0.39 is 0 Å². The largest absolute Gasteiger partial charge is 0.394 e. The summed E-state index contributed by atoms with van der Waals surface area (Å²) in [5.41, 5.74) is -0.235. The third-order valence-corrected chi connectivity index (χ3v) is 3.50. The van der Waals surface area contributed by atoms with Crippen LogP contribution in [0.5, 0.6) is 0 Å². The van der Waals surface area contributed by atoms with Crippen LogP contribution in [0.3, 0.4) is 0 Å². The highest BCUT2D eigenvalue weighted by molar-refractivity contribution is 4.94. The Morgan fingerprint density at radius 2 is 2.17 bits per heavy atom. The van der Waals surface area contributed by atoms with Crippen molar-refractivity contribution in [3.63, 3.8) is 0 Å². The zero-order valence-electron chi connectivity index (χ0n) is 10.5. The number of aliphatic hydroxyl groups is 1. The lowest BCUT2D eigenvalue weighted by Gasteiger charge is -2.36. The van der Waals surface area contributed by atoms with Gasteiger partial charge >= 0.3 is 0 Å². The number of rotatable bonds is 5. The summed E-state index contributed by atoms with van der Waals surface area (Å²) in [7, 11) is 0. The molecule has 18 heavy (non-hydrogen) atoms. The maximum atomic E-state index is 11.5. The molecule has 2 heterocycles. The molecule has 0 aromatic carbocycles. The van der Waals surface area contributed by atoms with E-state index in [1.54, 1.807) is 22.9 Å². The molecule has 1 aromatic heterocycles. The Labute approximate surface area is 106 Å². The van der Waals surface area contributed by atoms with Gasteiger partial charge in [-0.25, -0.2) is 0 Å². The van der Waals surface area contributed by atoms with Crippen LogP contribution in [0.15, 0.2) is 29.2 Å². The van der Waals surface area contributed by atoms with Gasteiger partial charge in [-0.15, -0.1) is 0 Å². The third-order valence-electron chi connectivity index (χ3n) is 3.50. The second-order valence-electron chi connectivity index (χ2n) is 4.71. The average Bonchev–Trinajstić information content (AvgIpc) is 2.42. The smallest absolute Gasteiger partial charge is 0.250 e. The molecule has 0 radical (unpaired) electrons. The summed E-state index contributed by atoms with van der Waals surface area (Å²) in [4.78, 5) is 11.5. The number of aromatic nitrogens is 1. The van der Waals surface area contributed by atoms with Gasteiger partial charge < -0.3 is 19.7 Å². The van der Waals surface area contributed by atoms with Gasteiger partial charge in [-0.2, -0.15) is 0 Å². The Kier molecular flexibility index (Phi) is 4.52. The van der Waals surface area contributed by atoms with Gasteiger partial charge in [0.2, 0.25) is 0 Å². The number of aliphatic hydroxyl groups excluding tert-OH is 1. The maximum Gasteiger partial charge on any atom is 0.250 e. The monoisotopic (exact) mass is 252 g/mol. The number of ether oxygens (including phenoxy) is 1. The van der Waals surface area contributed by atoms with Crippen LogP contribution in [-0.2, 0) is 11.3 Å². The van der Waals surface area contributed by atoms with E-state index in [-0.39, 0.29) is 17.7 Å². The van der Waals surface area contributed by atoms with Gasteiger partial charge in [0.25, 0.3) is 5.56 Å².